The zero-order chi connectivity index (χ0) is 16.7. The van der Waals surface area contributed by atoms with Crippen molar-refractivity contribution in [1.82, 2.24) is 0 Å². The van der Waals surface area contributed by atoms with E-state index in [2.05, 4.69) is 53.2 Å². The van der Waals surface area contributed by atoms with Crippen molar-refractivity contribution < 1.29 is 9.47 Å². The Hall–Kier alpha value is -1.22. The number of rotatable bonds is 9. The summed E-state index contributed by atoms with van der Waals surface area (Å²) in [6.07, 6.45) is 4.68. The third-order valence-electron chi connectivity index (χ3n) is 3.82. The molecule has 0 heterocycles. The minimum Gasteiger partial charge on any atom is -0.493 e. The predicted molar refractivity (Wildman–Crippen MR) is 102 cm³/mol. The summed E-state index contributed by atoms with van der Waals surface area (Å²) in [6.45, 7) is 7.08. The Morgan fingerprint density at radius 1 is 1.04 bits per heavy atom. The van der Waals surface area contributed by atoms with Gasteiger partial charge in [-0.05, 0) is 68.5 Å². The van der Waals surface area contributed by atoms with Crippen LogP contribution in [0.3, 0.4) is 0 Å². The van der Waals surface area contributed by atoms with E-state index < -0.39 is 0 Å². The van der Waals surface area contributed by atoms with E-state index in [4.69, 9.17) is 9.47 Å². The van der Waals surface area contributed by atoms with E-state index in [9.17, 15) is 0 Å². The van der Waals surface area contributed by atoms with Gasteiger partial charge in [-0.3, -0.25) is 0 Å². The van der Waals surface area contributed by atoms with Gasteiger partial charge in [0, 0.05) is 10.9 Å². The molecule has 0 N–H and O–H groups in total. The van der Waals surface area contributed by atoms with Crippen LogP contribution < -0.4 is 9.47 Å². The number of fused-ring (bicyclic) bond motifs is 1. The molecular formula is C20H27BrO2. The molecule has 0 bridgehead atoms. The second-order valence-electron chi connectivity index (χ2n) is 6.04. The SMILES string of the molecule is CCc1c(OCCCCCBr)ccc2cc(OC(C)C)ccc12. The minimum atomic E-state index is 0.195. The fourth-order valence-corrected chi connectivity index (χ4v) is 3.15. The molecule has 126 valence electrons. The Morgan fingerprint density at radius 3 is 2.57 bits per heavy atom. The highest BCUT2D eigenvalue weighted by Gasteiger charge is 2.09. The van der Waals surface area contributed by atoms with Gasteiger partial charge in [-0.2, -0.15) is 0 Å². The van der Waals surface area contributed by atoms with E-state index >= 15 is 0 Å². The summed E-state index contributed by atoms with van der Waals surface area (Å²) in [5.41, 5.74) is 1.29. The number of ether oxygens (including phenoxy) is 2. The van der Waals surface area contributed by atoms with Gasteiger partial charge in [0.2, 0.25) is 0 Å². The summed E-state index contributed by atoms with van der Waals surface area (Å²) in [7, 11) is 0. The number of hydrogen-bond donors (Lipinski definition) is 0. The zero-order valence-corrected chi connectivity index (χ0v) is 16.0. The molecule has 0 fully saturated rings. The Morgan fingerprint density at radius 2 is 1.87 bits per heavy atom. The molecule has 0 aromatic heterocycles. The zero-order valence-electron chi connectivity index (χ0n) is 14.4. The van der Waals surface area contributed by atoms with Crippen LogP contribution in [0.5, 0.6) is 11.5 Å². The van der Waals surface area contributed by atoms with E-state index in [0.29, 0.717) is 0 Å². The number of benzene rings is 2. The summed E-state index contributed by atoms with van der Waals surface area (Å²) >= 11 is 3.47. The first kappa shape index (κ1) is 18.1. The molecule has 2 nitrogen and oxygen atoms in total. The fraction of sp³-hybridized carbons (Fsp3) is 0.500. The molecule has 23 heavy (non-hydrogen) atoms. The highest BCUT2D eigenvalue weighted by atomic mass is 79.9. The Balaban J connectivity index is 2.16. The first-order valence-corrected chi connectivity index (χ1v) is 9.69. The van der Waals surface area contributed by atoms with E-state index in [1.54, 1.807) is 0 Å². The van der Waals surface area contributed by atoms with Crippen molar-refractivity contribution in [3.8, 4) is 11.5 Å². The molecule has 0 unspecified atom stereocenters. The Labute approximate surface area is 148 Å². The van der Waals surface area contributed by atoms with Crippen molar-refractivity contribution >= 4 is 26.7 Å². The molecule has 0 radical (unpaired) electrons. The number of aryl methyl sites for hydroxylation is 1. The summed E-state index contributed by atoms with van der Waals surface area (Å²) in [6, 6.07) is 10.6. The fourth-order valence-electron chi connectivity index (χ4n) is 2.75. The molecule has 2 aromatic carbocycles. The van der Waals surface area contributed by atoms with Crippen molar-refractivity contribution in [2.24, 2.45) is 0 Å². The molecule has 0 atom stereocenters. The van der Waals surface area contributed by atoms with Gasteiger partial charge in [0.15, 0.2) is 0 Å². The highest BCUT2D eigenvalue weighted by Crippen LogP contribution is 2.31. The second-order valence-corrected chi connectivity index (χ2v) is 6.84. The largest absolute Gasteiger partial charge is 0.493 e. The van der Waals surface area contributed by atoms with E-state index in [-0.39, 0.29) is 6.10 Å². The maximum atomic E-state index is 6.03. The smallest absolute Gasteiger partial charge is 0.123 e. The van der Waals surface area contributed by atoms with Crippen LogP contribution in [0.15, 0.2) is 30.3 Å². The van der Waals surface area contributed by atoms with E-state index in [1.165, 1.54) is 29.2 Å². The maximum Gasteiger partial charge on any atom is 0.123 e. The monoisotopic (exact) mass is 378 g/mol. The van der Waals surface area contributed by atoms with Gasteiger partial charge in [0.1, 0.15) is 11.5 Å². The molecule has 0 aliphatic carbocycles. The normalized spacial score (nSPS) is 11.2. The van der Waals surface area contributed by atoms with Crippen molar-refractivity contribution in [3.05, 3.63) is 35.9 Å². The van der Waals surface area contributed by atoms with Crippen LogP contribution in [0.1, 0.15) is 45.6 Å². The maximum absolute atomic E-state index is 6.03. The number of unbranched alkanes of at least 4 members (excludes halogenated alkanes) is 2. The highest BCUT2D eigenvalue weighted by molar-refractivity contribution is 9.09. The minimum absolute atomic E-state index is 0.195. The lowest BCUT2D eigenvalue weighted by Gasteiger charge is -2.15. The lowest BCUT2D eigenvalue weighted by atomic mass is 10.0. The summed E-state index contributed by atoms with van der Waals surface area (Å²) < 4.78 is 11.8. The summed E-state index contributed by atoms with van der Waals surface area (Å²) in [5, 5.41) is 3.55. The van der Waals surface area contributed by atoms with Crippen LogP contribution in [0.2, 0.25) is 0 Å². The molecule has 0 spiro atoms. The molecular weight excluding hydrogens is 352 g/mol. The third-order valence-corrected chi connectivity index (χ3v) is 4.38. The van der Waals surface area contributed by atoms with Crippen molar-refractivity contribution in [1.29, 1.82) is 0 Å². The van der Waals surface area contributed by atoms with Gasteiger partial charge in [-0.25, -0.2) is 0 Å². The quantitative estimate of drug-likeness (QED) is 0.385. The van der Waals surface area contributed by atoms with Gasteiger partial charge in [0.25, 0.3) is 0 Å². The summed E-state index contributed by atoms with van der Waals surface area (Å²) in [5.74, 6) is 1.95. The first-order chi connectivity index (χ1) is 11.2. The lowest BCUT2D eigenvalue weighted by Crippen LogP contribution is -2.05. The van der Waals surface area contributed by atoms with Crippen LogP contribution in [-0.2, 0) is 6.42 Å². The van der Waals surface area contributed by atoms with Crippen molar-refractivity contribution in [2.45, 2.75) is 52.6 Å². The van der Waals surface area contributed by atoms with Gasteiger partial charge in [0.05, 0.1) is 12.7 Å². The van der Waals surface area contributed by atoms with Gasteiger partial charge in [-0.15, -0.1) is 0 Å². The molecule has 0 amide bonds. The van der Waals surface area contributed by atoms with Gasteiger partial charge < -0.3 is 9.47 Å². The number of alkyl halides is 1. The van der Waals surface area contributed by atoms with Crippen LogP contribution >= 0.6 is 15.9 Å². The third kappa shape index (κ3) is 5.13. The van der Waals surface area contributed by atoms with Gasteiger partial charge >= 0.3 is 0 Å². The molecule has 2 rings (SSSR count). The molecule has 0 saturated carbocycles. The standard InChI is InChI=1S/C20H27BrO2/c1-4-18-19-10-9-17(23-15(2)3)14-16(19)8-11-20(18)22-13-7-5-6-12-21/h8-11,14-15H,4-7,12-13H2,1-3H3. The molecule has 0 saturated heterocycles. The topological polar surface area (TPSA) is 18.5 Å². The van der Waals surface area contributed by atoms with Gasteiger partial charge in [-0.1, -0.05) is 35.0 Å². The predicted octanol–water partition coefficient (Wildman–Crippen LogP) is 6.13. The van der Waals surface area contributed by atoms with E-state index in [1.807, 2.05) is 13.8 Å². The lowest BCUT2D eigenvalue weighted by molar-refractivity contribution is 0.243. The average molecular weight is 379 g/mol. The number of hydrogen-bond acceptors (Lipinski definition) is 2. The second kappa shape index (κ2) is 9.17. The van der Waals surface area contributed by atoms with E-state index in [0.717, 1.165) is 36.3 Å². The first-order valence-electron chi connectivity index (χ1n) is 8.56. The molecule has 0 aliphatic rings. The number of halogens is 1. The summed E-state index contributed by atoms with van der Waals surface area (Å²) in [4.78, 5) is 0. The molecule has 0 aliphatic heterocycles. The Bertz CT molecular complexity index is 622. The average Bonchev–Trinajstić information content (AvgIpc) is 2.53. The van der Waals surface area contributed by atoms with Crippen LogP contribution in [0.4, 0.5) is 0 Å². The van der Waals surface area contributed by atoms with Crippen molar-refractivity contribution in [3.63, 3.8) is 0 Å². The van der Waals surface area contributed by atoms with Crippen LogP contribution in [-0.4, -0.2) is 18.0 Å². The van der Waals surface area contributed by atoms with Crippen molar-refractivity contribution in [2.75, 3.05) is 11.9 Å². The van der Waals surface area contributed by atoms with Crippen LogP contribution in [0.25, 0.3) is 10.8 Å². The molecule has 3 heteroatoms. The molecule has 2 aromatic rings. The Kier molecular flexibility index (Phi) is 7.22. The van der Waals surface area contributed by atoms with Crippen LogP contribution in [0, 0.1) is 0 Å².